The van der Waals surface area contributed by atoms with Crippen molar-refractivity contribution in [2.75, 3.05) is 13.2 Å². The van der Waals surface area contributed by atoms with Crippen LogP contribution in [0.15, 0.2) is 0 Å². The fraction of sp³-hybridized carbons (Fsp3) is 0.786. The zero-order valence-corrected chi connectivity index (χ0v) is 11.6. The van der Waals surface area contributed by atoms with Gasteiger partial charge >= 0.3 is 0 Å². The van der Waals surface area contributed by atoms with Gasteiger partial charge in [0.15, 0.2) is 0 Å². The Bertz CT molecular complexity index is 361. The van der Waals surface area contributed by atoms with Crippen LogP contribution in [-0.2, 0) is 6.54 Å². The molecule has 0 bridgehead atoms. The van der Waals surface area contributed by atoms with E-state index >= 15 is 0 Å². The first-order chi connectivity index (χ1) is 8.67. The third-order valence-corrected chi connectivity index (χ3v) is 4.33. The maximum absolute atomic E-state index is 9.65. The molecule has 4 heteroatoms. The van der Waals surface area contributed by atoms with Crippen LogP contribution in [0.5, 0.6) is 0 Å². The molecule has 3 N–H and O–H groups in total. The fourth-order valence-corrected chi connectivity index (χ4v) is 2.98. The van der Waals surface area contributed by atoms with Gasteiger partial charge in [0.05, 0.1) is 5.69 Å². The highest BCUT2D eigenvalue weighted by Crippen LogP contribution is 2.35. The van der Waals surface area contributed by atoms with Gasteiger partial charge in [-0.15, -0.1) is 0 Å². The molecule has 2 rings (SSSR count). The van der Waals surface area contributed by atoms with E-state index in [0.717, 1.165) is 37.3 Å². The van der Waals surface area contributed by atoms with Crippen LogP contribution in [-0.4, -0.2) is 28.5 Å². The molecule has 1 aromatic heterocycles. The second-order valence-electron chi connectivity index (χ2n) is 5.73. The van der Waals surface area contributed by atoms with Crippen molar-refractivity contribution in [3.63, 3.8) is 0 Å². The molecule has 0 amide bonds. The van der Waals surface area contributed by atoms with Gasteiger partial charge in [-0.25, -0.2) is 0 Å². The van der Waals surface area contributed by atoms with Crippen LogP contribution < -0.4 is 5.32 Å². The number of nitrogens with one attached hydrogen (secondary N) is 2. The summed E-state index contributed by atoms with van der Waals surface area (Å²) in [5.41, 5.74) is 3.59. The number of nitrogens with zero attached hydrogens (tertiary/aromatic N) is 1. The third kappa shape index (κ3) is 2.93. The molecule has 1 fully saturated rings. The van der Waals surface area contributed by atoms with Gasteiger partial charge in [0.2, 0.25) is 0 Å². The largest absolute Gasteiger partial charge is 0.396 e. The summed E-state index contributed by atoms with van der Waals surface area (Å²) in [4.78, 5) is 0. The normalized spacial score (nSPS) is 19.1. The molecule has 0 unspecified atom stereocenters. The Labute approximate surface area is 109 Å². The number of aromatic amines is 1. The lowest BCUT2D eigenvalue weighted by atomic mass is 9.74. The van der Waals surface area contributed by atoms with Crippen molar-refractivity contribution in [3.05, 3.63) is 17.0 Å². The SMILES string of the molecule is Cc1n[nH]c(C)c1CNCC1(CO)CCCCC1. The molecule has 1 heterocycles. The Hall–Kier alpha value is -0.870. The minimum atomic E-state index is 0.115. The number of H-pyrrole nitrogens is 1. The van der Waals surface area contributed by atoms with E-state index in [0.29, 0.717) is 6.61 Å². The predicted octanol–water partition coefficient (Wildman–Crippen LogP) is 2.06. The summed E-state index contributed by atoms with van der Waals surface area (Å²) in [6, 6.07) is 0. The quantitative estimate of drug-likeness (QED) is 0.750. The molecule has 4 nitrogen and oxygen atoms in total. The van der Waals surface area contributed by atoms with Crippen molar-refractivity contribution in [1.29, 1.82) is 0 Å². The van der Waals surface area contributed by atoms with Crippen LogP contribution in [0.1, 0.15) is 49.1 Å². The lowest BCUT2D eigenvalue weighted by molar-refractivity contribution is 0.0810. The van der Waals surface area contributed by atoms with Crippen molar-refractivity contribution in [2.45, 2.75) is 52.5 Å². The fourth-order valence-electron chi connectivity index (χ4n) is 2.98. The summed E-state index contributed by atoms with van der Waals surface area (Å²) < 4.78 is 0. The highest BCUT2D eigenvalue weighted by molar-refractivity contribution is 5.22. The van der Waals surface area contributed by atoms with E-state index in [-0.39, 0.29) is 5.41 Å². The van der Waals surface area contributed by atoms with Crippen molar-refractivity contribution >= 4 is 0 Å². The standard InChI is InChI=1S/C14H25N3O/c1-11-13(12(2)17-16-11)8-15-9-14(10-18)6-4-3-5-7-14/h15,18H,3-10H2,1-2H3,(H,16,17). The number of aromatic nitrogens is 2. The molecule has 0 radical (unpaired) electrons. The van der Waals surface area contributed by atoms with Crippen LogP contribution in [0.25, 0.3) is 0 Å². The maximum Gasteiger partial charge on any atom is 0.0638 e. The van der Waals surface area contributed by atoms with E-state index in [1.165, 1.54) is 24.8 Å². The molecule has 1 aliphatic rings. The molecule has 0 aliphatic heterocycles. The molecule has 0 spiro atoms. The van der Waals surface area contributed by atoms with Crippen LogP contribution >= 0.6 is 0 Å². The first kappa shape index (κ1) is 13.6. The molecule has 0 saturated heterocycles. The minimum absolute atomic E-state index is 0.115. The molecular weight excluding hydrogens is 226 g/mol. The van der Waals surface area contributed by atoms with E-state index in [4.69, 9.17) is 0 Å². The number of rotatable bonds is 5. The first-order valence-corrected chi connectivity index (χ1v) is 6.99. The molecular formula is C14H25N3O. The Morgan fingerprint density at radius 3 is 2.56 bits per heavy atom. The van der Waals surface area contributed by atoms with Gasteiger partial charge in [0.1, 0.15) is 0 Å². The number of hydrogen-bond donors (Lipinski definition) is 3. The third-order valence-electron chi connectivity index (χ3n) is 4.33. The van der Waals surface area contributed by atoms with Crippen molar-refractivity contribution in [1.82, 2.24) is 15.5 Å². The molecule has 1 saturated carbocycles. The Kier molecular flexibility index (Phi) is 4.40. The van der Waals surface area contributed by atoms with Crippen LogP contribution in [0.2, 0.25) is 0 Å². The van der Waals surface area contributed by atoms with E-state index in [1.54, 1.807) is 0 Å². The summed E-state index contributed by atoms with van der Waals surface area (Å²) >= 11 is 0. The summed E-state index contributed by atoms with van der Waals surface area (Å²) in [6.07, 6.45) is 6.14. The number of aryl methyl sites for hydroxylation is 2. The first-order valence-electron chi connectivity index (χ1n) is 6.99. The van der Waals surface area contributed by atoms with Gasteiger partial charge in [-0.1, -0.05) is 19.3 Å². The number of aliphatic hydroxyl groups is 1. The Balaban J connectivity index is 1.87. The van der Waals surface area contributed by atoms with E-state index in [2.05, 4.69) is 22.4 Å². The maximum atomic E-state index is 9.65. The van der Waals surface area contributed by atoms with Gasteiger partial charge in [-0.05, 0) is 26.7 Å². The zero-order valence-electron chi connectivity index (χ0n) is 11.6. The van der Waals surface area contributed by atoms with Gasteiger partial charge in [0, 0.05) is 36.4 Å². The Morgan fingerprint density at radius 1 is 1.28 bits per heavy atom. The van der Waals surface area contributed by atoms with Gasteiger partial charge in [-0.3, -0.25) is 5.10 Å². The van der Waals surface area contributed by atoms with E-state index < -0.39 is 0 Å². The Morgan fingerprint density at radius 2 is 2.00 bits per heavy atom. The van der Waals surface area contributed by atoms with Crippen molar-refractivity contribution < 1.29 is 5.11 Å². The highest BCUT2D eigenvalue weighted by atomic mass is 16.3. The van der Waals surface area contributed by atoms with Crippen LogP contribution in [0, 0.1) is 19.3 Å². The van der Waals surface area contributed by atoms with E-state index in [9.17, 15) is 5.11 Å². The summed E-state index contributed by atoms with van der Waals surface area (Å²) in [7, 11) is 0. The number of hydrogen-bond acceptors (Lipinski definition) is 3. The average molecular weight is 251 g/mol. The van der Waals surface area contributed by atoms with Crippen molar-refractivity contribution in [3.8, 4) is 0 Å². The summed E-state index contributed by atoms with van der Waals surface area (Å²) in [6.45, 7) is 6.15. The smallest absolute Gasteiger partial charge is 0.0638 e. The topological polar surface area (TPSA) is 60.9 Å². The number of aliphatic hydroxyl groups excluding tert-OH is 1. The van der Waals surface area contributed by atoms with Crippen LogP contribution in [0.4, 0.5) is 0 Å². The molecule has 1 aromatic rings. The molecule has 0 atom stereocenters. The second-order valence-corrected chi connectivity index (χ2v) is 5.73. The molecule has 0 aromatic carbocycles. The van der Waals surface area contributed by atoms with Crippen molar-refractivity contribution in [2.24, 2.45) is 5.41 Å². The minimum Gasteiger partial charge on any atom is -0.396 e. The monoisotopic (exact) mass is 251 g/mol. The molecule has 102 valence electrons. The lowest BCUT2D eigenvalue weighted by Crippen LogP contribution is -2.38. The molecule has 1 aliphatic carbocycles. The van der Waals surface area contributed by atoms with E-state index in [1.807, 2.05) is 6.92 Å². The zero-order chi connectivity index (χ0) is 13.0. The lowest BCUT2D eigenvalue weighted by Gasteiger charge is -2.35. The highest BCUT2D eigenvalue weighted by Gasteiger charge is 2.30. The average Bonchev–Trinajstić information content (AvgIpc) is 2.71. The second kappa shape index (κ2) is 5.85. The van der Waals surface area contributed by atoms with Gasteiger partial charge < -0.3 is 10.4 Å². The predicted molar refractivity (Wildman–Crippen MR) is 72.4 cm³/mol. The summed E-state index contributed by atoms with van der Waals surface area (Å²) in [5.74, 6) is 0. The van der Waals surface area contributed by atoms with Gasteiger partial charge in [-0.2, -0.15) is 5.10 Å². The van der Waals surface area contributed by atoms with Gasteiger partial charge in [0.25, 0.3) is 0 Å². The summed E-state index contributed by atoms with van der Waals surface area (Å²) in [5, 5.41) is 20.4. The molecule has 18 heavy (non-hydrogen) atoms. The van der Waals surface area contributed by atoms with Crippen LogP contribution in [0.3, 0.4) is 0 Å².